The highest BCUT2D eigenvalue weighted by atomic mass is 16.6. The number of oxime groups is 1. The summed E-state index contributed by atoms with van der Waals surface area (Å²) < 4.78 is 5.31. The molecule has 0 bridgehead atoms. The second-order valence-corrected chi connectivity index (χ2v) is 5.95. The van der Waals surface area contributed by atoms with Crippen molar-refractivity contribution in [2.45, 2.75) is 18.9 Å². The Morgan fingerprint density at radius 3 is 2.92 bits per heavy atom. The first-order chi connectivity index (χ1) is 11.7. The van der Waals surface area contributed by atoms with Crippen LogP contribution >= 0.6 is 0 Å². The van der Waals surface area contributed by atoms with Crippen molar-refractivity contribution in [2.75, 3.05) is 39.4 Å². The molecule has 1 amide bonds. The molecular weight excluding hydrogens is 310 g/mol. The molecule has 2 aliphatic rings. The van der Waals surface area contributed by atoms with E-state index in [1.165, 1.54) is 0 Å². The molecule has 0 aliphatic carbocycles. The van der Waals surface area contributed by atoms with Crippen LogP contribution in [0.25, 0.3) is 0 Å². The van der Waals surface area contributed by atoms with Crippen molar-refractivity contribution in [1.29, 1.82) is 0 Å². The van der Waals surface area contributed by atoms with Crippen LogP contribution in [0.1, 0.15) is 18.4 Å². The van der Waals surface area contributed by atoms with Crippen molar-refractivity contribution >= 4 is 11.6 Å². The average molecular weight is 333 g/mol. The van der Waals surface area contributed by atoms with Crippen molar-refractivity contribution < 1.29 is 19.5 Å². The minimum Gasteiger partial charge on any atom is -0.507 e. The van der Waals surface area contributed by atoms with E-state index >= 15 is 0 Å². The Balaban J connectivity index is 1.38. The van der Waals surface area contributed by atoms with Crippen LogP contribution < -0.4 is 5.32 Å². The zero-order chi connectivity index (χ0) is 16.8. The van der Waals surface area contributed by atoms with Crippen molar-refractivity contribution in [3.63, 3.8) is 0 Å². The smallest absolute Gasteiger partial charge is 0.264 e. The first-order valence-electron chi connectivity index (χ1n) is 8.33. The third-order valence-electron chi connectivity index (χ3n) is 4.23. The number of carbonyl (C=O) groups excluding carboxylic acids is 1. The summed E-state index contributed by atoms with van der Waals surface area (Å²) in [5.74, 6) is -0.0161. The second-order valence-electron chi connectivity index (χ2n) is 5.95. The summed E-state index contributed by atoms with van der Waals surface area (Å²) in [5.41, 5.74) is 1.21. The first-order valence-corrected chi connectivity index (χ1v) is 8.33. The van der Waals surface area contributed by atoms with Gasteiger partial charge in [-0.2, -0.15) is 0 Å². The molecule has 2 heterocycles. The molecule has 1 fully saturated rings. The van der Waals surface area contributed by atoms with Gasteiger partial charge in [-0.25, -0.2) is 0 Å². The maximum Gasteiger partial charge on any atom is 0.264 e. The van der Waals surface area contributed by atoms with Gasteiger partial charge in [-0.05, 0) is 25.1 Å². The van der Waals surface area contributed by atoms with E-state index in [2.05, 4.69) is 15.4 Å². The number of ether oxygens (including phenoxy) is 1. The lowest BCUT2D eigenvalue weighted by Gasteiger charge is -2.26. The lowest BCUT2D eigenvalue weighted by Crippen LogP contribution is -2.39. The molecule has 0 radical (unpaired) electrons. The van der Waals surface area contributed by atoms with Crippen LogP contribution in [0.15, 0.2) is 29.4 Å². The minimum atomic E-state index is -0.622. The Labute approximate surface area is 141 Å². The van der Waals surface area contributed by atoms with Gasteiger partial charge < -0.3 is 20.0 Å². The lowest BCUT2D eigenvalue weighted by atomic mass is 10.0. The van der Waals surface area contributed by atoms with E-state index in [1.807, 2.05) is 6.07 Å². The second kappa shape index (κ2) is 8.12. The number of phenols is 1. The molecule has 130 valence electrons. The molecule has 2 N–H and O–H groups in total. The number of nitrogens with zero attached hydrogens (tertiary/aromatic N) is 2. The van der Waals surface area contributed by atoms with Crippen LogP contribution in [-0.2, 0) is 14.4 Å². The van der Waals surface area contributed by atoms with E-state index in [1.54, 1.807) is 18.2 Å². The molecule has 0 spiro atoms. The van der Waals surface area contributed by atoms with Crippen LogP contribution in [0.2, 0.25) is 0 Å². The average Bonchev–Trinajstić information content (AvgIpc) is 3.10. The Hall–Kier alpha value is -2.12. The largest absolute Gasteiger partial charge is 0.507 e. The van der Waals surface area contributed by atoms with Crippen molar-refractivity contribution in [3.8, 4) is 5.75 Å². The van der Waals surface area contributed by atoms with Gasteiger partial charge in [-0.3, -0.25) is 9.69 Å². The van der Waals surface area contributed by atoms with Gasteiger partial charge in [0.05, 0.1) is 18.9 Å². The van der Waals surface area contributed by atoms with Gasteiger partial charge in [0.2, 0.25) is 6.10 Å². The summed E-state index contributed by atoms with van der Waals surface area (Å²) in [4.78, 5) is 19.7. The molecule has 1 atom stereocenters. The lowest BCUT2D eigenvalue weighted by molar-refractivity contribution is -0.131. The number of para-hydroxylation sites is 1. The van der Waals surface area contributed by atoms with Gasteiger partial charge in [0.15, 0.2) is 0 Å². The number of rotatable bonds is 6. The van der Waals surface area contributed by atoms with Crippen LogP contribution in [0.5, 0.6) is 5.75 Å². The van der Waals surface area contributed by atoms with E-state index in [0.29, 0.717) is 24.2 Å². The number of benzene rings is 1. The zero-order valence-corrected chi connectivity index (χ0v) is 13.6. The number of morpholine rings is 1. The van der Waals surface area contributed by atoms with E-state index in [9.17, 15) is 9.90 Å². The number of hydrogen-bond donors (Lipinski definition) is 2. The van der Waals surface area contributed by atoms with Gasteiger partial charge >= 0.3 is 0 Å². The molecule has 1 aromatic rings. The number of amides is 1. The number of carbonyl (C=O) groups is 1. The van der Waals surface area contributed by atoms with Crippen molar-refractivity contribution in [3.05, 3.63) is 29.8 Å². The monoisotopic (exact) mass is 333 g/mol. The Bertz CT molecular complexity index is 599. The summed E-state index contributed by atoms with van der Waals surface area (Å²) in [7, 11) is 0. The summed E-state index contributed by atoms with van der Waals surface area (Å²) in [6, 6.07) is 6.92. The van der Waals surface area contributed by atoms with Crippen LogP contribution in [-0.4, -0.2) is 67.1 Å². The standard InChI is InChI=1S/C17H23N3O4/c21-15-5-2-1-4-13(15)14-12-16(24-19-14)17(22)18-6-3-7-20-8-10-23-11-9-20/h1-2,4-5,16,21H,3,6-12H2,(H,18,22). The Morgan fingerprint density at radius 1 is 1.33 bits per heavy atom. The Morgan fingerprint density at radius 2 is 2.12 bits per heavy atom. The van der Waals surface area contributed by atoms with Crippen LogP contribution in [0.4, 0.5) is 0 Å². The fraction of sp³-hybridized carbons (Fsp3) is 0.529. The first kappa shape index (κ1) is 16.7. The number of phenolic OH excluding ortho intramolecular Hbond substituents is 1. The number of hydrogen-bond acceptors (Lipinski definition) is 6. The molecule has 0 aromatic heterocycles. The highest BCUT2D eigenvalue weighted by Gasteiger charge is 2.29. The maximum atomic E-state index is 12.2. The predicted molar refractivity (Wildman–Crippen MR) is 89.0 cm³/mol. The summed E-state index contributed by atoms with van der Waals surface area (Å²) >= 11 is 0. The van der Waals surface area contributed by atoms with Gasteiger partial charge in [0.1, 0.15) is 5.75 Å². The van der Waals surface area contributed by atoms with Gasteiger partial charge in [-0.1, -0.05) is 17.3 Å². The van der Waals surface area contributed by atoms with Gasteiger partial charge in [-0.15, -0.1) is 0 Å². The zero-order valence-electron chi connectivity index (χ0n) is 13.6. The third kappa shape index (κ3) is 4.24. The van der Waals surface area contributed by atoms with Crippen LogP contribution in [0.3, 0.4) is 0 Å². The summed E-state index contributed by atoms with van der Waals surface area (Å²) in [6.07, 6.45) is 0.640. The fourth-order valence-electron chi connectivity index (χ4n) is 2.85. The van der Waals surface area contributed by atoms with E-state index in [-0.39, 0.29) is 11.7 Å². The number of aromatic hydroxyl groups is 1. The highest BCUT2D eigenvalue weighted by Crippen LogP contribution is 2.23. The number of nitrogens with one attached hydrogen (secondary N) is 1. The molecule has 7 heteroatoms. The predicted octanol–water partition coefficient (Wildman–Crippen LogP) is 0.724. The molecule has 2 aliphatic heterocycles. The molecule has 0 saturated carbocycles. The molecule has 7 nitrogen and oxygen atoms in total. The summed E-state index contributed by atoms with van der Waals surface area (Å²) in [5, 5.41) is 16.7. The van der Waals surface area contributed by atoms with Crippen molar-refractivity contribution in [1.82, 2.24) is 10.2 Å². The van der Waals surface area contributed by atoms with Crippen LogP contribution in [0, 0.1) is 0 Å². The normalized spacial score (nSPS) is 21.2. The van der Waals surface area contributed by atoms with E-state index in [4.69, 9.17) is 9.57 Å². The Kier molecular flexibility index (Phi) is 5.66. The molecule has 24 heavy (non-hydrogen) atoms. The quantitative estimate of drug-likeness (QED) is 0.750. The third-order valence-corrected chi connectivity index (χ3v) is 4.23. The molecule has 1 aromatic carbocycles. The topological polar surface area (TPSA) is 83.4 Å². The fourth-order valence-corrected chi connectivity index (χ4v) is 2.85. The van der Waals surface area contributed by atoms with Gasteiger partial charge in [0, 0.05) is 31.6 Å². The summed E-state index contributed by atoms with van der Waals surface area (Å²) in [6.45, 7) is 5.05. The molecule has 3 rings (SSSR count). The van der Waals surface area contributed by atoms with E-state index in [0.717, 1.165) is 39.3 Å². The SMILES string of the molecule is O=C(NCCCN1CCOCC1)C1CC(c2ccccc2O)=NO1. The molecule has 1 saturated heterocycles. The van der Waals surface area contributed by atoms with E-state index < -0.39 is 6.10 Å². The molecular formula is C17H23N3O4. The van der Waals surface area contributed by atoms with Gasteiger partial charge in [0.25, 0.3) is 5.91 Å². The van der Waals surface area contributed by atoms with Crippen molar-refractivity contribution in [2.24, 2.45) is 5.16 Å². The minimum absolute atomic E-state index is 0.145. The molecule has 1 unspecified atom stereocenters. The maximum absolute atomic E-state index is 12.2. The highest BCUT2D eigenvalue weighted by molar-refractivity contribution is 6.05.